The monoisotopic (exact) mass is 942 g/mol. The lowest BCUT2D eigenvalue weighted by molar-refractivity contribution is -0.143. The fourth-order valence-corrected chi connectivity index (χ4v) is 9.08. The van der Waals surface area contributed by atoms with E-state index in [1.807, 2.05) is 0 Å². The maximum Gasteiger partial charge on any atom is 0.305 e. The Morgan fingerprint density at radius 2 is 0.746 bits per heavy atom. The molecule has 0 rings (SSSR count). The summed E-state index contributed by atoms with van der Waals surface area (Å²) >= 11 is 0. The molecule has 0 saturated carbocycles. The van der Waals surface area contributed by atoms with Crippen LogP contribution < -0.4 is 5.32 Å². The van der Waals surface area contributed by atoms with Crippen LogP contribution in [0.1, 0.15) is 316 Å². The van der Waals surface area contributed by atoms with Crippen molar-refractivity contribution in [2.45, 2.75) is 328 Å². The molecule has 0 aromatic carbocycles. The summed E-state index contributed by atoms with van der Waals surface area (Å²) in [5.41, 5.74) is 0. The van der Waals surface area contributed by atoms with Gasteiger partial charge in [-0.3, -0.25) is 9.59 Å². The first-order valence-electron chi connectivity index (χ1n) is 29.7. The van der Waals surface area contributed by atoms with Gasteiger partial charge in [-0.1, -0.05) is 256 Å². The van der Waals surface area contributed by atoms with E-state index in [4.69, 9.17) is 4.74 Å². The maximum absolute atomic E-state index is 12.5. The van der Waals surface area contributed by atoms with E-state index in [2.05, 4.69) is 55.6 Å². The van der Waals surface area contributed by atoms with Crippen LogP contribution in [0.4, 0.5) is 0 Å². The zero-order valence-corrected chi connectivity index (χ0v) is 44.9. The molecule has 0 aliphatic carbocycles. The number of nitrogens with one attached hydrogen (secondary N) is 1. The topological polar surface area (TPSA) is 95.9 Å². The van der Waals surface area contributed by atoms with Crippen LogP contribution >= 0.6 is 0 Å². The number of hydrogen-bond acceptors (Lipinski definition) is 5. The number of ether oxygens (including phenoxy) is 1. The van der Waals surface area contributed by atoms with E-state index in [1.54, 1.807) is 0 Å². The highest BCUT2D eigenvalue weighted by Gasteiger charge is 2.20. The minimum absolute atomic E-state index is 0.0380. The van der Waals surface area contributed by atoms with Gasteiger partial charge < -0.3 is 20.3 Å². The molecule has 0 fully saturated rings. The summed E-state index contributed by atoms with van der Waals surface area (Å²) < 4.78 is 5.45. The Morgan fingerprint density at radius 1 is 0.418 bits per heavy atom. The standard InChI is InChI=1S/C61H115NO5/c1-3-5-7-9-11-13-15-17-19-21-23-24-25-26-28-30-33-37-41-45-49-53-59(64)58(57-63)62-60(65)54-50-46-42-38-34-32-36-40-44-48-52-56-67-61(66)55-51-47-43-39-35-31-29-27-22-20-18-16-14-12-10-8-6-4-2/h14,16,20,22,36,40,58-59,63-64H,3-13,15,17-19,21,23-35,37-39,41-57H2,1-2H3,(H,62,65)/b16-14-,22-20-,40-36-. The van der Waals surface area contributed by atoms with Crippen LogP contribution in [0.3, 0.4) is 0 Å². The molecule has 3 N–H and O–H groups in total. The maximum atomic E-state index is 12.5. The van der Waals surface area contributed by atoms with E-state index >= 15 is 0 Å². The predicted octanol–water partition coefficient (Wildman–Crippen LogP) is 18.4. The lowest BCUT2D eigenvalue weighted by atomic mass is 10.0. The van der Waals surface area contributed by atoms with Gasteiger partial charge in [-0.2, -0.15) is 0 Å². The number of allylic oxidation sites excluding steroid dienone is 6. The molecule has 0 radical (unpaired) electrons. The predicted molar refractivity (Wildman–Crippen MR) is 292 cm³/mol. The van der Waals surface area contributed by atoms with E-state index in [0.29, 0.717) is 25.9 Å². The van der Waals surface area contributed by atoms with Gasteiger partial charge in [0.05, 0.1) is 25.4 Å². The van der Waals surface area contributed by atoms with Gasteiger partial charge in [-0.05, 0) is 83.5 Å². The molecule has 67 heavy (non-hydrogen) atoms. The Hall–Kier alpha value is -1.92. The summed E-state index contributed by atoms with van der Waals surface area (Å²) in [5.74, 6) is -0.100. The molecule has 1 amide bonds. The van der Waals surface area contributed by atoms with Crippen LogP contribution in [0, 0.1) is 0 Å². The van der Waals surface area contributed by atoms with Crippen molar-refractivity contribution < 1.29 is 24.5 Å². The number of carbonyl (C=O) groups is 2. The molecular weight excluding hydrogens is 827 g/mol. The van der Waals surface area contributed by atoms with Crippen molar-refractivity contribution in [3.63, 3.8) is 0 Å². The van der Waals surface area contributed by atoms with Crippen LogP contribution in [-0.2, 0) is 14.3 Å². The highest BCUT2D eigenvalue weighted by atomic mass is 16.5. The summed E-state index contributed by atoms with van der Waals surface area (Å²) in [6.07, 6.45) is 69.9. The molecule has 0 aliphatic heterocycles. The Morgan fingerprint density at radius 3 is 1.16 bits per heavy atom. The average Bonchev–Trinajstić information content (AvgIpc) is 3.33. The Bertz CT molecular complexity index is 1090. The van der Waals surface area contributed by atoms with E-state index in [9.17, 15) is 19.8 Å². The van der Waals surface area contributed by atoms with Crippen LogP contribution in [0.25, 0.3) is 0 Å². The Labute approximate surface area is 417 Å². The summed E-state index contributed by atoms with van der Waals surface area (Å²) in [6.45, 7) is 4.87. The van der Waals surface area contributed by atoms with Gasteiger partial charge >= 0.3 is 5.97 Å². The van der Waals surface area contributed by atoms with Gasteiger partial charge in [0.2, 0.25) is 5.91 Å². The van der Waals surface area contributed by atoms with Gasteiger partial charge in [0.1, 0.15) is 0 Å². The third kappa shape index (κ3) is 53.3. The quantitative estimate of drug-likeness (QED) is 0.0321. The number of aliphatic hydroxyl groups excluding tert-OH is 2. The van der Waals surface area contributed by atoms with Crippen LogP contribution in [-0.4, -0.2) is 47.4 Å². The highest BCUT2D eigenvalue weighted by molar-refractivity contribution is 5.76. The van der Waals surface area contributed by atoms with Gasteiger partial charge in [0.15, 0.2) is 0 Å². The molecule has 0 spiro atoms. The number of rotatable bonds is 55. The molecule has 2 atom stereocenters. The smallest absolute Gasteiger partial charge is 0.305 e. The van der Waals surface area contributed by atoms with Crippen molar-refractivity contribution in [3.05, 3.63) is 36.5 Å². The van der Waals surface area contributed by atoms with E-state index in [-0.39, 0.29) is 18.5 Å². The number of carbonyl (C=O) groups excluding carboxylic acids is 2. The number of aliphatic hydroxyl groups is 2. The second-order valence-corrected chi connectivity index (χ2v) is 20.3. The second kappa shape index (κ2) is 56.7. The molecule has 0 aromatic rings. The number of hydrogen-bond donors (Lipinski definition) is 3. The summed E-state index contributed by atoms with van der Waals surface area (Å²) in [6, 6.07) is -0.565. The van der Waals surface area contributed by atoms with Gasteiger partial charge in [-0.25, -0.2) is 0 Å². The molecule has 0 heterocycles. The normalized spacial score (nSPS) is 12.8. The molecular formula is C61H115NO5. The molecule has 0 aliphatic rings. The lowest BCUT2D eigenvalue weighted by Crippen LogP contribution is -2.45. The molecule has 6 heteroatoms. The third-order valence-corrected chi connectivity index (χ3v) is 13.7. The van der Waals surface area contributed by atoms with Crippen molar-refractivity contribution >= 4 is 11.9 Å². The third-order valence-electron chi connectivity index (χ3n) is 13.7. The van der Waals surface area contributed by atoms with Gasteiger partial charge in [0.25, 0.3) is 0 Å². The summed E-state index contributed by atoms with van der Waals surface area (Å²) in [4.78, 5) is 24.6. The summed E-state index contributed by atoms with van der Waals surface area (Å²) in [7, 11) is 0. The minimum atomic E-state index is -0.685. The fraction of sp³-hybridized carbons (Fsp3) is 0.869. The molecule has 0 aromatic heterocycles. The van der Waals surface area contributed by atoms with Crippen LogP contribution in [0.2, 0.25) is 0 Å². The average molecular weight is 943 g/mol. The van der Waals surface area contributed by atoms with Crippen molar-refractivity contribution in [2.75, 3.05) is 13.2 Å². The minimum Gasteiger partial charge on any atom is -0.466 e. The van der Waals surface area contributed by atoms with Crippen molar-refractivity contribution in [2.24, 2.45) is 0 Å². The van der Waals surface area contributed by atoms with Gasteiger partial charge in [-0.15, -0.1) is 0 Å². The molecule has 0 bridgehead atoms. The first kappa shape index (κ1) is 65.1. The van der Waals surface area contributed by atoms with Crippen molar-refractivity contribution in [1.29, 1.82) is 0 Å². The molecule has 2 unspecified atom stereocenters. The van der Waals surface area contributed by atoms with Gasteiger partial charge in [0, 0.05) is 12.8 Å². The van der Waals surface area contributed by atoms with Crippen molar-refractivity contribution in [3.8, 4) is 0 Å². The molecule has 0 saturated heterocycles. The summed E-state index contributed by atoms with van der Waals surface area (Å²) in [5, 5.41) is 23.3. The lowest BCUT2D eigenvalue weighted by Gasteiger charge is -2.22. The zero-order valence-electron chi connectivity index (χ0n) is 44.9. The Balaban J connectivity index is 3.50. The van der Waals surface area contributed by atoms with Crippen LogP contribution in [0.15, 0.2) is 36.5 Å². The highest BCUT2D eigenvalue weighted by Crippen LogP contribution is 2.17. The van der Waals surface area contributed by atoms with E-state index in [1.165, 1.54) is 193 Å². The number of esters is 1. The first-order chi connectivity index (χ1) is 33.0. The van der Waals surface area contributed by atoms with E-state index in [0.717, 1.165) is 89.9 Å². The Kier molecular flexibility index (Phi) is 55.0. The fourth-order valence-electron chi connectivity index (χ4n) is 9.08. The van der Waals surface area contributed by atoms with Crippen LogP contribution in [0.5, 0.6) is 0 Å². The first-order valence-corrected chi connectivity index (χ1v) is 29.7. The van der Waals surface area contributed by atoms with Crippen molar-refractivity contribution in [1.82, 2.24) is 5.32 Å². The molecule has 394 valence electrons. The number of amides is 1. The zero-order chi connectivity index (χ0) is 48.6. The number of unbranched alkanes of at least 4 members (excludes halogenated alkanes) is 38. The second-order valence-electron chi connectivity index (χ2n) is 20.3. The van der Waals surface area contributed by atoms with E-state index < -0.39 is 12.1 Å². The largest absolute Gasteiger partial charge is 0.466 e. The SMILES string of the molecule is CCCCCC/C=C\C/C=C\CCCCCCCCCC(=O)OCCCC/C=C\CCCCCCCC(=O)NC(CO)C(O)CCCCCCCCCCCCCCCCCCCCCCC. The molecule has 6 nitrogen and oxygen atoms in total.